The van der Waals surface area contributed by atoms with Crippen molar-refractivity contribution in [3.63, 3.8) is 0 Å². The van der Waals surface area contributed by atoms with Gasteiger partial charge < -0.3 is 9.84 Å². The molecule has 1 fully saturated rings. The monoisotopic (exact) mass is 467 g/mol. The quantitative estimate of drug-likeness (QED) is 0.301. The van der Waals surface area contributed by atoms with Crippen LogP contribution in [0.5, 0.6) is 0 Å². The molecule has 1 aliphatic rings. The Balaban J connectivity index is 1.45. The Morgan fingerprint density at radius 2 is 1.94 bits per heavy atom. The van der Waals surface area contributed by atoms with Gasteiger partial charge in [0.05, 0.1) is 24.0 Å². The second-order valence-electron chi connectivity index (χ2n) is 8.79. The number of rotatable bonds is 9. The fourth-order valence-electron chi connectivity index (χ4n) is 4.27. The van der Waals surface area contributed by atoms with Crippen LogP contribution in [0.15, 0.2) is 84.1 Å². The summed E-state index contributed by atoms with van der Waals surface area (Å²) in [5.41, 5.74) is 8.20. The molecule has 2 atom stereocenters. The molecule has 2 aromatic carbocycles. The maximum absolute atomic E-state index is 11.0. The van der Waals surface area contributed by atoms with E-state index in [-0.39, 0.29) is 11.8 Å². The van der Waals surface area contributed by atoms with Gasteiger partial charge in [-0.3, -0.25) is 19.8 Å². The molecule has 0 aliphatic heterocycles. The van der Waals surface area contributed by atoms with E-state index in [1.165, 1.54) is 16.7 Å². The van der Waals surface area contributed by atoms with Crippen molar-refractivity contribution in [3.05, 3.63) is 95.8 Å². The highest BCUT2D eigenvalue weighted by Crippen LogP contribution is 2.44. The molecular weight excluding hydrogens is 438 g/mol. The Kier molecular flexibility index (Phi) is 7.20. The van der Waals surface area contributed by atoms with E-state index in [2.05, 4.69) is 59.7 Å². The van der Waals surface area contributed by atoms with E-state index in [1.807, 2.05) is 25.1 Å². The van der Waals surface area contributed by atoms with Gasteiger partial charge in [-0.1, -0.05) is 24.8 Å². The lowest BCUT2D eigenvalue weighted by atomic mass is 9.92. The van der Waals surface area contributed by atoms with Gasteiger partial charge in [0.15, 0.2) is 0 Å². The summed E-state index contributed by atoms with van der Waals surface area (Å²) < 4.78 is 5.97. The number of aryl methyl sites for hydroxylation is 2. The molecular formula is C29H29N3O3. The molecule has 0 radical (unpaired) electrons. The average molecular weight is 468 g/mol. The normalized spacial score (nSPS) is 17.4. The molecule has 1 N–H and O–H groups in total. The third-order valence-corrected chi connectivity index (χ3v) is 6.19. The molecule has 6 nitrogen and oxygen atoms in total. The number of ether oxygens (including phenoxy) is 1. The minimum atomic E-state index is -0.789. The molecule has 6 heteroatoms. The van der Waals surface area contributed by atoms with Gasteiger partial charge in [0.2, 0.25) is 0 Å². The van der Waals surface area contributed by atoms with Crippen LogP contribution in [0.25, 0.3) is 22.4 Å². The molecule has 0 amide bonds. The van der Waals surface area contributed by atoms with Crippen molar-refractivity contribution >= 4 is 12.2 Å². The van der Waals surface area contributed by atoms with Crippen LogP contribution < -0.4 is 0 Å². The van der Waals surface area contributed by atoms with Gasteiger partial charge in [-0.2, -0.15) is 0 Å². The van der Waals surface area contributed by atoms with E-state index in [4.69, 9.17) is 9.84 Å². The van der Waals surface area contributed by atoms with Crippen LogP contribution in [0.1, 0.15) is 30.0 Å². The zero-order chi connectivity index (χ0) is 24.9. The fourth-order valence-corrected chi connectivity index (χ4v) is 4.27. The van der Waals surface area contributed by atoms with Crippen LogP contribution in [0.3, 0.4) is 0 Å². The maximum atomic E-state index is 11.0. The highest BCUT2D eigenvalue weighted by molar-refractivity contribution is 5.78. The maximum Gasteiger partial charge on any atom is 0.307 e. The number of hydrogen-bond donors (Lipinski definition) is 1. The smallest absolute Gasteiger partial charge is 0.307 e. The van der Waals surface area contributed by atoms with Gasteiger partial charge in [-0.25, -0.2) is 0 Å². The van der Waals surface area contributed by atoms with Crippen molar-refractivity contribution in [1.82, 2.24) is 9.97 Å². The minimum Gasteiger partial charge on any atom is -0.488 e. The van der Waals surface area contributed by atoms with Gasteiger partial charge in [-0.05, 0) is 79.3 Å². The summed E-state index contributed by atoms with van der Waals surface area (Å²) in [4.78, 5) is 24.0. The van der Waals surface area contributed by atoms with Gasteiger partial charge in [-0.15, -0.1) is 0 Å². The summed E-state index contributed by atoms with van der Waals surface area (Å²) in [6, 6.07) is 12.6. The van der Waals surface area contributed by atoms with Gasteiger partial charge in [0.1, 0.15) is 12.4 Å². The van der Waals surface area contributed by atoms with Crippen LogP contribution >= 0.6 is 0 Å². The summed E-state index contributed by atoms with van der Waals surface area (Å²) in [7, 11) is 0. The first-order chi connectivity index (χ1) is 16.9. The molecule has 0 saturated heterocycles. The second kappa shape index (κ2) is 10.5. The predicted molar refractivity (Wildman–Crippen MR) is 138 cm³/mol. The topological polar surface area (TPSA) is 84.7 Å². The van der Waals surface area contributed by atoms with Crippen LogP contribution in [-0.2, 0) is 16.1 Å². The first-order valence-electron chi connectivity index (χ1n) is 11.6. The fraction of sp³-hybridized carbons (Fsp3) is 0.241. The highest BCUT2D eigenvalue weighted by atomic mass is 16.5. The van der Waals surface area contributed by atoms with Crippen LogP contribution in [0, 0.1) is 25.7 Å². The van der Waals surface area contributed by atoms with Crippen LogP contribution in [0.4, 0.5) is 0 Å². The summed E-state index contributed by atoms with van der Waals surface area (Å²) in [6.45, 7) is 10.4. The molecule has 1 saturated carbocycles. The number of carboxylic acid groups (broad SMARTS) is 1. The number of benzene rings is 2. The Labute approximate surface area is 205 Å². The van der Waals surface area contributed by atoms with Crippen molar-refractivity contribution < 1.29 is 14.6 Å². The largest absolute Gasteiger partial charge is 0.488 e. The lowest BCUT2D eigenvalue weighted by molar-refractivity contribution is -0.138. The average Bonchev–Trinajstić information content (AvgIpc) is 3.66. The molecule has 1 aromatic heterocycles. The Morgan fingerprint density at radius 3 is 2.57 bits per heavy atom. The van der Waals surface area contributed by atoms with Gasteiger partial charge in [0.25, 0.3) is 0 Å². The Hall–Kier alpha value is -4.06. The number of carbonyl (C=O) groups is 1. The van der Waals surface area contributed by atoms with E-state index >= 15 is 0 Å². The summed E-state index contributed by atoms with van der Waals surface area (Å²) in [5.74, 6) is -0.614. The second-order valence-corrected chi connectivity index (χ2v) is 8.79. The first-order valence-corrected chi connectivity index (χ1v) is 11.6. The Morgan fingerprint density at radius 1 is 1.17 bits per heavy atom. The molecule has 3 aromatic rings. The molecule has 35 heavy (non-hydrogen) atoms. The highest BCUT2D eigenvalue weighted by Gasteiger charge is 2.45. The molecule has 1 aliphatic carbocycles. The standard InChI is InChI=1S/C29H29N3O3/c1-5-24(15-32-20(4)25-14-26(25)29(33)34)35-17-21-7-6-8-22(13-21)28-18(2)11-23(12-19(28)3)27-16-30-9-10-31-27/h5-13,15-16,25-26H,4,14,17H2,1-3H3,(H,33,34)/b24-5+,32-15-/t25-,26+/m1/s1. The Bertz CT molecular complexity index is 1290. The summed E-state index contributed by atoms with van der Waals surface area (Å²) in [5, 5.41) is 9.08. The predicted octanol–water partition coefficient (Wildman–Crippen LogP) is 6.15. The van der Waals surface area contributed by atoms with Crippen molar-refractivity contribution in [1.29, 1.82) is 0 Å². The molecule has 0 spiro atoms. The van der Waals surface area contributed by atoms with E-state index in [9.17, 15) is 4.79 Å². The summed E-state index contributed by atoms with van der Waals surface area (Å²) in [6.07, 6.45) is 9.20. The third kappa shape index (κ3) is 5.72. The van der Waals surface area contributed by atoms with Crippen molar-refractivity contribution in [2.75, 3.05) is 0 Å². The zero-order valence-corrected chi connectivity index (χ0v) is 20.2. The van der Waals surface area contributed by atoms with Crippen LogP contribution in [-0.4, -0.2) is 27.3 Å². The summed E-state index contributed by atoms with van der Waals surface area (Å²) >= 11 is 0. The number of hydrogen-bond acceptors (Lipinski definition) is 5. The molecule has 0 bridgehead atoms. The van der Waals surface area contributed by atoms with Crippen LogP contribution in [0.2, 0.25) is 0 Å². The molecule has 0 unspecified atom stereocenters. The number of nitrogens with zero attached hydrogens (tertiary/aromatic N) is 3. The SMILES string of the molecule is C=C(/N=C\C(=C/C)OCc1cccc(-c2c(C)cc(-c3cnccn3)cc2C)c1)[C@H]1C[C@@H]1C(=O)O. The molecule has 178 valence electrons. The third-order valence-electron chi connectivity index (χ3n) is 6.19. The first kappa shape index (κ1) is 24.1. The van der Waals surface area contributed by atoms with Gasteiger partial charge in [0, 0.05) is 29.6 Å². The van der Waals surface area contributed by atoms with E-state index in [0.29, 0.717) is 24.5 Å². The number of aliphatic carboxylic acids is 1. The van der Waals surface area contributed by atoms with Gasteiger partial charge >= 0.3 is 5.97 Å². The minimum absolute atomic E-state index is 0.0784. The number of aliphatic imine (C=N–C) groups is 1. The molecule has 4 rings (SSSR count). The van der Waals surface area contributed by atoms with Crippen molar-refractivity contribution in [3.8, 4) is 22.4 Å². The van der Waals surface area contributed by atoms with E-state index < -0.39 is 5.97 Å². The number of carboxylic acids is 1. The van der Waals surface area contributed by atoms with Crippen molar-refractivity contribution in [2.24, 2.45) is 16.8 Å². The molecule has 1 heterocycles. The van der Waals surface area contributed by atoms with E-state index in [0.717, 1.165) is 22.4 Å². The number of aromatic nitrogens is 2. The lowest BCUT2D eigenvalue weighted by Crippen LogP contribution is -2.00. The zero-order valence-electron chi connectivity index (χ0n) is 20.2. The van der Waals surface area contributed by atoms with Crippen molar-refractivity contribution in [2.45, 2.75) is 33.8 Å². The number of allylic oxidation sites excluding steroid dienone is 3. The van der Waals surface area contributed by atoms with E-state index in [1.54, 1.807) is 24.8 Å². The lowest BCUT2D eigenvalue weighted by Gasteiger charge is -2.14.